The normalized spacial score (nSPS) is 25.0. The smallest absolute Gasteiger partial charge is 0.00461 e. The Balaban J connectivity index is 2.02. The number of aryl methyl sites for hydroxylation is 2. The van der Waals surface area contributed by atoms with Crippen molar-refractivity contribution in [2.45, 2.75) is 33.1 Å². The van der Waals surface area contributed by atoms with Crippen molar-refractivity contribution in [3.05, 3.63) is 34.9 Å². The third-order valence-corrected chi connectivity index (χ3v) is 3.95. The van der Waals surface area contributed by atoms with Gasteiger partial charge in [-0.25, -0.2) is 0 Å². The third-order valence-electron chi connectivity index (χ3n) is 3.95. The molecule has 1 nitrogen and oxygen atoms in total. The third kappa shape index (κ3) is 2.23. The maximum Gasteiger partial charge on any atom is -0.00461 e. The van der Waals surface area contributed by atoms with E-state index >= 15 is 0 Å². The van der Waals surface area contributed by atoms with E-state index in [0.717, 1.165) is 18.4 Å². The van der Waals surface area contributed by atoms with Crippen LogP contribution >= 0.6 is 0 Å². The lowest BCUT2D eigenvalue weighted by Gasteiger charge is -2.36. The minimum absolute atomic E-state index is 0.784. The molecule has 15 heavy (non-hydrogen) atoms. The largest absolute Gasteiger partial charge is 0.330 e. The summed E-state index contributed by atoms with van der Waals surface area (Å²) in [6, 6.07) is 6.84. The van der Waals surface area contributed by atoms with Crippen LogP contribution in [0.4, 0.5) is 0 Å². The maximum absolute atomic E-state index is 5.73. The number of nitrogens with two attached hydrogens (primary N) is 1. The molecule has 2 unspecified atom stereocenters. The highest BCUT2D eigenvalue weighted by Gasteiger charge is 2.29. The molecule has 1 fully saturated rings. The molecular weight excluding hydrogens is 182 g/mol. The highest BCUT2D eigenvalue weighted by atomic mass is 14.6. The molecule has 0 radical (unpaired) electrons. The molecule has 2 atom stereocenters. The van der Waals surface area contributed by atoms with Crippen LogP contribution in [-0.2, 0) is 6.42 Å². The predicted molar refractivity (Wildman–Crippen MR) is 64.9 cm³/mol. The van der Waals surface area contributed by atoms with Crippen molar-refractivity contribution in [2.75, 3.05) is 6.54 Å². The van der Waals surface area contributed by atoms with Crippen LogP contribution in [0.3, 0.4) is 0 Å². The maximum atomic E-state index is 5.73. The molecule has 2 rings (SSSR count). The van der Waals surface area contributed by atoms with E-state index in [2.05, 4.69) is 32.0 Å². The van der Waals surface area contributed by atoms with Crippen LogP contribution in [0.1, 0.15) is 29.5 Å². The highest BCUT2D eigenvalue weighted by molar-refractivity contribution is 5.30. The van der Waals surface area contributed by atoms with Gasteiger partial charge in [0.2, 0.25) is 0 Å². The molecule has 1 aliphatic rings. The molecule has 0 heterocycles. The summed E-state index contributed by atoms with van der Waals surface area (Å²) in [6.07, 6.45) is 3.93. The van der Waals surface area contributed by atoms with Crippen molar-refractivity contribution in [2.24, 2.45) is 17.6 Å². The zero-order valence-corrected chi connectivity index (χ0v) is 9.79. The quantitative estimate of drug-likeness (QED) is 0.803. The molecular formula is C14H21N. The first-order valence-electron chi connectivity index (χ1n) is 5.97. The second-order valence-corrected chi connectivity index (χ2v) is 4.96. The fourth-order valence-corrected chi connectivity index (χ4v) is 2.45. The number of rotatable bonds is 3. The summed E-state index contributed by atoms with van der Waals surface area (Å²) in [6.45, 7) is 5.24. The van der Waals surface area contributed by atoms with Crippen LogP contribution in [-0.4, -0.2) is 6.54 Å². The Morgan fingerprint density at radius 2 is 1.87 bits per heavy atom. The molecule has 1 aliphatic carbocycles. The van der Waals surface area contributed by atoms with Crippen LogP contribution in [0.2, 0.25) is 0 Å². The molecule has 0 amide bonds. The molecule has 2 N–H and O–H groups in total. The fourth-order valence-electron chi connectivity index (χ4n) is 2.45. The van der Waals surface area contributed by atoms with Crippen molar-refractivity contribution in [1.29, 1.82) is 0 Å². The van der Waals surface area contributed by atoms with Gasteiger partial charge in [-0.2, -0.15) is 0 Å². The fraction of sp³-hybridized carbons (Fsp3) is 0.571. The first-order chi connectivity index (χ1) is 7.20. The van der Waals surface area contributed by atoms with Gasteiger partial charge in [0, 0.05) is 0 Å². The summed E-state index contributed by atoms with van der Waals surface area (Å²) in [5.74, 6) is 1.63. The van der Waals surface area contributed by atoms with E-state index in [4.69, 9.17) is 5.73 Å². The highest BCUT2D eigenvalue weighted by Crippen LogP contribution is 2.36. The topological polar surface area (TPSA) is 26.0 Å². The minimum atomic E-state index is 0.784. The van der Waals surface area contributed by atoms with Gasteiger partial charge >= 0.3 is 0 Å². The van der Waals surface area contributed by atoms with E-state index in [0.29, 0.717) is 0 Å². The predicted octanol–water partition coefficient (Wildman–Crippen LogP) is 2.83. The van der Waals surface area contributed by atoms with Crippen molar-refractivity contribution in [3.8, 4) is 0 Å². The van der Waals surface area contributed by atoms with Gasteiger partial charge in [-0.05, 0) is 68.2 Å². The molecule has 0 bridgehead atoms. The lowest BCUT2D eigenvalue weighted by atomic mass is 9.71. The number of hydrogen-bond donors (Lipinski definition) is 1. The van der Waals surface area contributed by atoms with Crippen molar-refractivity contribution < 1.29 is 0 Å². The van der Waals surface area contributed by atoms with Gasteiger partial charge in [0.15, 0.2) is 0 Å². The summed E-state index contributed by atoms with van der Waals surface area (Å²) in [5.41, 5.74) is 10.0. The zero-order valence-electron chi connectivity index (χ0n) is 9.79. The second-order valence-electron chi connectivity index (χ2n) is 4.96. The molecule has 1 aromatic carbocycles. The monoisotopic (exact) mass is 203 g/mol. The lowest BCUT2D eigenvalue weighted by molar-refractivity contribution is 0.183. The Labute approximate surface area is 92.7 Å². The molecule has 1 saturated carbocycles. The van der Waals surface area contributed by atoms with Crippen molar-refractivity contribution in [1.82, 2.24) is 0 Å². The number of benzene rings is 1. The van der Waals surface area contributed by atoms with Crippen LogP contribution in [0.5, 0.6) is 0 Å². The molecule has 1 aromatic rings. The Hall–Kier alpha value is -0.820. The first-order valence-corrected chi connectivity index (χ1v) is 5.97. The first kappa shape index (κ1) is 10.7. The van der Waals surface area contributed by atoms with Gasteiger partial charge in [-0.1, -0.05) is 18.2 Å². The summed E-state index contributed by atoms with van der Waals surface area (Å²) in [7, 11) is 0. The minimum Gasteiger partial charge on any atom is -0.330 e. The van der Waals surface area contributed by atoms with Gasteiger partial charge < -0.3 is 5.73 Å². The van der Waals surface area contributed by atoms with E-state index < -0.39 is 0 Å². The van der Waals surface area contributed by atoms with Crippen molar-refractivity contribution in [3.63, 3.8) is 0 Å². The Morgan fingerprint density at radius 3 is 2.40 bits per heavy atom. The van der Waals surface area contributed by atoms with Crippen LogP contribution in [0.15, 0.2) is 18.2 Å². The molecule has 0 aromatic heterocycles. The lowest BCUT2D eigenvalue weighted by Crippen LogP contribution is -2.33. The van der Waals surface area contributed by atoms with Crippen LogP contribution in [0.25, 0.3) is 0 Å². The van der Waals surface area contributed by atoms with Gasteiger partial charge in [0.05, 0.1) is 0 Å². The van der Waals surface area contributed by atoms with Gasteiger partial charge in [-0.3, -0.25) is 0 Å². The average Bonchev–Trinajstić information content (AvgIpc) is 2.19. The van der Waals surface area contributed by atoms with E-state index in [1.807, 2.05) is 0 Å². The van der Waals surface area contributed by atoms with Gasteiger partial charge in [0.25, 0.3) is 0 Å². The summed E-state index contributed by atoms with van der Waals surface area (Å²) in [5, 5.41) is 0. The molecule has 0 aliphatic heterocycles. The summed E-state index contributed by atoms with van der Waals surface area (Å²) < 4.78 is 0. The summed E-state index contributed by atoms with van der Waals surface area (Å²) in [4.78, 5) is 0. The molecule has 0 spiro atoms. The SMILES string of the molecule is Cc1ccc(CC2CCC2CN)cc1C. The Morgan fingerprint density at radius 1 is 1.13 bits per heavy atom. The van der Waals surface area contributed by atoms with E-state index in [1.54, 1.807) is 0 Å². The Bertz CT molecular complexity index is 341. The van der Waals surface area contributed by atoms with Crippen LogP contribution in [0, 0.1) is 25.7 Å². The number of hydrogen-bond acceptors (Lipinski definition) is 1. The Kier molecular flexibility index (Phi) is 3.11. The van der Waals surface area contributed by atoms with Crippen molar-refractivity contribution >= 4 is 0 Å². The molecule has 1 heteroatoms. The van der Waals surface area contributed by atoms with Gasteiger partial charge in [0.1, 0.15) is 0 Å². The van der Waals surface area contributed by atoms with Crippen LogP contribution < -0.4 is 5.73 Å². The standard InChI is InChI=1S/C14H21N/c1-10-3-4-12(7-11(10)2)8-13-5-6-14(13)9-15/h3-4,7,13-14H,5-6,8-9,15H2,1-2H3. The summed E-state index contributed by atoms with van der Waals surface area (Å²) >= 11 is 0. The van der Waals surface area contributed by atoms with E-state index in [-0.39, 0.29) is 0 Å². The zero-order chi connectivity index (χ0) is 10.8. The molecule has 0 saturated heterocycles. The second kappa shape index (κ2) is 4.36. The van der Waals surface area contributed by atoms with E-state index in [9.17, 15) is 0 Å². The average molecular weight is 203 g/mol. The molecule has 82 valence electrons. The van der Waals surface area contributed by atoms with Gasteiger partial charge in [-0.15, -0.1) is 0 Å². The van der Waals surface area contributed by atoms with E-state index in [1.165, 1.54) is 36.0 Å².